The van der Waals surface area contributed by atoms with Gasteiger partial charge in [-0.05, 0) is 32.8 Å². The van der Waals surface area contributed by atoms with Gasteiger partial charge in [0, 0.05) is 18.5 Å². The topological polar surface area (TPSA) is 90.7 Å². The maximum Gasteiger partial charge on any atom is 0.333 e. The Bertz CT molecular complexity index is 428. The molecular formula is C16H29ClN2O4. The van der Waals surface area contributed by atoms with Crippen molar-refractivity contribution in [2.24, 2.45) is 5.73 Å². The van der Waals surface area contributed by atoms with Crippen molar-refractivity contribution in [3.05, 3.63) is 11.6 Å². The minimum atomic E-state index is -0.423. The van der Waals surface area contributed by atoms with Gasteiger partial charge in [-0.3, -0.25) is 4.79 Å². The van der Waals surface area contributed by atoms with Crippen molar-refractivity contribution >= 4 is 24.3 Å². The van der Waals surface area contributed by atoms with Crippen LogP contribution in [-0.4, -0.2) is 42.8 Å². The van der Waals surface area contributed by atoms with E-state index in [1.807, 2.05) is 6.92 Å². The van der Waals surface area contributed by atoms with Gasteiger partial charge < -0.3 is 20.5 Å². The van der Waals surface area contributed by atoms with Crippen LogP contribution >= 0.6 is 12.4 Å². The monoisotopic (exact) mass is 348 g/mol. The molecule has 0 aliphatic heterocycles. The third-order valence-corrected chi connectivity index (χ3v) is 3.63. The highest BCUT2D eigenvalue weighted by atomic mass is 35.5. The highest BCUT2D eigenvalue weighted by Crippen LogP contribution is 2.23. The first-order valence-corrected chi connectivity index (χ1v) is 7.94. The van der Waals surface area contributed by atoms with E-state index in [0.717, 1.165) is 12.8 Å². The van der Waals surface area contributed by atoms with Gasteiger partial charge in [0.15, 0.2) is 0 Å². The van der Waals surface area contributed by atoms with Gasteiger partial charge in [0.05, 0.1) is 24.9 Å². The van der Waals surface area contributed by atoms with Gasteiger partial charge in [-0.25, -0.2) is 4.79 Å². The predicted molar refractivity (Wildman–Crippen MR) is 91.4 cm³/mol. The van der Waals surface area contributed by atoms with Crippen molar-refractivity contribution in [3.8, 4) is 0 Å². The van der Waals surface area contributed by atoms with Crippen molar-refractivity contribution in [1.82, 2.24) is 5.32 Å². The van der Waals surface area contributed by atoms with Crippen molar-refractivity contribution in [1.29, 1.82) is 0 Å². The fourth-order valence-corrected chi connectivity index (χ4v) is 2.66. The molecule has 134 valence electrons. The van der Waals surface area contributed by atoms with Crippen LogP contribution in [0.1, 0.15) is 47.0 Å². The lowest BCUT2D eigenvalue weighted by Crippen LogP contribution is -2.57. The van der Waals surface area contributed by atoms with Gasteiger partial charge in [0.2, 0.25) is 5.91 Å². The number of hydrogen-bond donors (Lipinski definition) is 2. The average molecular weight is 349 g/mol. The molecule has 0 saturated heterocycles. The molecule has 0 aromatic rings. The van der Waals surface area contributed by atoms with Crippen LogP contribution in [-0.2, 0) is 19.1 Å². The molecule has 0 radical (unpaired) electrons. The quantitative estimate of drug-likeness (QED) is 0.683. The molecule has 0 spiro atoms. The maximum atomic E-state index is 11.9. The highest BCUT2D eigenvalue weighted by molar-refractivity contribution is 5.89. The van der Waals surface area contributed by atoms with Gasteiger partial charge in [0.25, 0.3) is 0 Å². The van der Waals surface area contributed by atoms with E-state index in [2.05, 4.69) is 12.2 Å². The number of carbonyl (C=O) groups excluding carboxylic acids is 2. The van der Waals surface area contributed by atoms with Gasteiger partial charge in [-0.15, -0.1) is 12.4 Å². The zero-order chi connectivity index (χ0) is 16.7. The molecule has 1 unspecified atom stereocenters. The zero-order valence-electron chi connectivity index (χ0n) is 14.3. The zero-order valence-corrected chi connectivity index (χ0v) is 15.2. The molecule has 1 amide bonds. The van der Waals surface area contributed by atoms with Gasteiger partial charge >= 0.3 is 5.97 Å². The Balaban J connectivity index is 0.00000484. The first-order valence-electron chi connectivity index (χ1n) is 7.94. The van der Waals surface area contributed by atoms with Crippen LogP contribution in [0.4, 0.5) is 0 Å². The number of carbonyl (C=O) groups is 2. The van der Waals surface area contributed by atoms with Crippen molar-refractivity contribution in [2.75, 3.05) is 6.61 Å². The summed E-state index contributed by atoms with van der Waals surface area (Å²) in [5, 5.41) is 2.83. The summed E-state index contributed by atoms with van der Waals surface area (Å²) in [5.41, 5.74) is 6.67. The number of amides is 1. The summed E-state index contributed by atoms with van der Waals surface area (Å²) >= 11 is 0. The number of ether oxygens (including phenoxy) is 2. The molecule has 0 heterocycles. The number of nitrogens with one attached hydrogen (secondary N) is 1. The molecule has 0 saturated carbocycles. The molecule has 0 aromatic heterocycles. The summed E-state index contributed by atoms with van der Waals surface area (Å²) in [6, 6.07) is -0.720. The summed E-state index contributed by atoms with van der Waals surface area (Å²) in [5.74, 6) is -0.527. The first kappa shape index (κ1) is 21.9. The lowest BCUT2D eigenvalue weighted by atomic mass is 9.88. The number of nitrogens with two attached hydrogens (primary N) is 1. The van der Waals surface area contributed by atoms with Crippen molar-refractivity contribution in [2.45, 2.75) is 71.2 Å². The van der Waals surface area contributed by atoms with E-state index < -0.39 is 6.10 Å². The van der Waals surface area contributed by atoms with Crippen LogP contribution < -0.4 is 11.1 Å². The second kappa shape index (κ2) is 10.6. The molecule has 6 nitrogen and oxygen atoms in total. The van der Waals surface area contributed by atoms with Gasteiger partial charge in [-0.2, -0.15) is 0 Å². The lowest BCUT2D eigenvalue weighted by molar-refractivity contribution is -0.139. The first-order chi connectivity index (χ1) is 10.4. The minimum Gasteiger partial charge on any atom is -0.463 e. The van der Waals surface area contributed by atoms with Crippen LogP contribution in [0.15, 0.2) is 11.6 Å². The molecule has 3 N–H and O–H groups in total. The molecule has 1 aliphatic rings. The van der Waals surface area contributed by atoms with Crippen LogP contribution in [0, 0.1) is 0 Å². The Morgan fingerprint density at radius 1 is 1.43 bits per heavy atom. The fourth-order valence-electron chi connectivity index (χ4n) is 2.66. The summed E-state index contributed by atoms with van der Waals surface area (Å²) in [4.78, 5) is 23.3. The maximum absolute atomic E-state index is 11.9. The van der Waals surface area contributed by atoms with E-state index in [-0.39, 0.29) is 42.5 Å². The van der Waals surface area contributed by atoms with Crippen molar-refractivity contribution < 1.29 is 19.1 Å². The highest BCUT2D eigenvalue weighted by Gasteiger charge is 2.35. The molecule has 0 aromatic carbocycles. The molecule has 4 atom stereocenters. The molecule has 7 heteroatoms. The fraction of sp³-hybridized carbons (Fsp3) is 0.750. The molecule has 1 aliphatic carbocycles. The van der Waals surface area contributed by atoms with E-state index in [4.69, 9.17) is 15.2 Å². The molecule has 0 fully saturated rings. The molecule has 0 bridgehead atoms. The Morgan fingerprint density at radius 3 is 2.61 bits per heavy atom. The summed E-state index contributed by atoms with van der Waals surface area (Å²) in [6.07, 6.45) is 3.62. The van der Waals surface area contributed by atoms with E-state index in [9.17, 15) is 9.59 Å². The van der Waals surface area contributed by atoms with E-state index in [1.165, 1.54) is 6.92 Å². The largest absolute Gasteiger partial charge is 0.463 e. The molecule has 23 heavy (non-hydrogen) atoms. The number of rotatable bonds is 7. The smallest absolute Gasteiger partial charge is 0.333 e. The second-order valence-electron chi connectivity index (χ2n) is 5.71. The van der Waals surface area contributed by atoms with Crippen LogP contribution in [0.25, 0.3) is 0 Å². The number of esters is 1. The standard InChI is InChI=1S/C16H28N2O4.ClH/c1-5-7-10(3)22-14-9-12(16(20)21-6-2)8-13(17)15(14)18-11(4)19;/h9-10,13-15H,5-8,17H2,1-4H3,(H,18,19);1H/t10?,13-,14+,15+;/m0./s1. The van der Waals surface area contributed by atoms with E-state index in [1.54, 1.807) is 13.0 Å². The molecule has 1 rings (SSSR count). The Hall–Kier alpha value is -1.11. The van der Waals surface area contributed by atoms with Gasteiger partial charge in [0.1, 0.15) is 0 Å². The third kappa shape index (κ3) is 6.89. The Kier molecular flexibility index (Phi) is 10.1. The number of halogens is 1. The summed E-state index contributed by atoms with van der Waals surface area (Å²) in [6.45, 7) is 7.59. The van der Waals surface area contributed by atoms with Crippen LogP contribution in [0.3, 0.4) is 0 Å². The van der Waals surface area contributed by atoms with E-state index in [0.29, 0.717) is 18.6 Å². The van der Waals surface area contributed by atoms with Gasteiger partial charge in [-0.1, -0.05) is 13.3 Å². The average Bonchev–Trinajstić information content (AvgIpc) is 2.42. The Morgan fingerprint density at radius 2 is 2.09 bits per heavy atom. The summed E-state index contributed by atoms with van der Waals surface area (Å²) in [7, 11) is 0. The second-order valence-corrected chi connectivity index (χ2v) is 5.71. The predicted octanol–water partition coefficient (Wildman–Crippen LogP) is 1.71. The lowest BCUT2D eigenvalue weighted by Gasteiger charge is -2.36. The molecular weight excluding hydrogens is 320 g/mol. The minimum absolute atomic E-state index is 0. The summed E-state index contributed by atoms with van der Waals surface area (Å²) < 4.78 is 11.0. The van der Waals surface area contributed by atoms with E-state index >= 15 is 0 Å². The third-order valence-electron chi connectivity index (χ3n) is 3.63. The normalized spacial score (nSPS) is 24.9. The van der Waals surface area contributed by atoms with Crippen molar-refractivity contribution in [3.63, 3.8) is 0 Å². The SMILES string of the molecule is CCCC(C)O[C@@H]1C=C(C(=O)OCC)C[C@H](N)[C@H]1NC(C)=O.Cl. The van der Waals surface area contributed by atoms with Crippen LogP contribution in [0.2, 0.25) is 0 Å². The Labute approximate surface area is 144 Å². The number of hydrogen-bond acceptors (Lipinski definition) is 5. The van der Waals surface area contributed by atoms with Crippen LogP contribution in [0.5, 0.6) is 0 Å².